The lowest BCUT2D eigenvalue weighted by Gasteiger charge is -2.34. The molecule has 1 amide bonds. The third-order valence-corrected chi connectivity index (χ3v) is 6.77. The molecule has 0 saturated carbocycles. The van der Waals surface area contributed by atoms with Crippen LogP contribution in [-0.2, 0) is 4.79 Å². The number of hydrogen-bond acceptors (Lipinski definition) is 6. The van der Waals surface area contributed by atoms with Crippen LogP contribution in [0.15, 0.2) is 65.8 Å². The summed E-state index contributed by atoms with van der Waals surface area (Å²) >= 11 is 1.40. The number of fused-ring (bicyclic) bond motifs is 4. The van der Waals surface area contributed by atoms with Crippen LogP contribution in [0.1, 0.15) is 38.9 Å². The number of nitrogens with zero attached hydrogens (tertiary/aromatic N) is 4. The number of anilines is 1. The molecule has 3 aromatic carbocycles. The Bertz CT molecular complexity index is 1430. The lowest BCUT2D eigenvalue weighted by molar-refractivity contribution is -0.764. The second-order valence-corrected chi connectivity index (χ2v) is 9.30. The number of rotatable bonds is 6. The van der Waals surface area contributed by atoms with Crippen molar-refractivity contribution in [2.24, 2.45) is 0 Å². The third kappa shape index (κ3) is 3.87. The van der Waals surface area contributed by atoms with E-state index in [2.05, 4.69) is 4.98 Å². The number of para-hydroxylation sites is 1. The molecule has 0 spiro atoms. The molecular formula is C27H26N4O3S. The van der Waals surface area contributed by atoms with E-state index in [1.54, 1.807) is 9.58 Å². The van der Waals surface area contributed by atoms with Gasteiger partial charge in [-0.2, -0.15) is 0 Å². The van der Waals surface area contributed by atoms with Gasteiger partial charge < -0.3 is 9.84 Å². The molecule has 1 aliphatic rings. The smallest absolute Gasteiger partial charge is 0.297 e. The third-order valence-electron chi connectivity index (χ3n) is 6.05. The molecule has 7 nitrogen and oxygen atoms in total. The summed E-state index contributed by atoms with van der Waals surface area (Å²) in [6, 6.07) is 19.4. The van der Waals surface area contributed by atoms with Gasteiger partial charge in [0, 0.05) is 11.5 Å². The van der Waals surface area contributed by atoms with Gasteiger partial charge in [-0.3, -0.25) is 4.79 Å². The predicted octanol–water partition coefficient (Wildman–Crippen LogP) is 4.47. The van der Waals surface area contributed by atoms with Crippen LogP contribution in [0.4, 0.5) is 5.69 Å². The molecule has 1 atom stereocenters. The summed E-state index contributed by atoms with van der Waals surface area (Å²) in [5.74, 6) is 0.927. The molecule has 0 radical (unpaired) electrons. The van der Waals surface area contributed by atoms with Crippen molar-refractivity contribution in [3.05, 3.63) is 66.2 Å². The van der Waals surface area contributed by atoms with Crippen LogP contribution in [-0.4, -0.2) is 28.3 Å². The van der Waals surface area contributed by atoms with Gasteiger partial charge in [0.25, 0.3) is 17.0 Å². The van der Waals surface area contributed by atoms with Gasteiger partial charge in [-0.15, -0.1) is 0 Å². The van der Waals surface area contributed by atoms with Gasteiger partial charge in [-0.05, 0) is 41.6 Å². The number of benzene rings is 3. The topological polar surface area (TPSA) is 82.3 Å². The molecule has 35 heavy (non-hydrogen) atoms. The first-order valence-corrected chi connectivity index (χ1v) is 12.8. The zero-order valence-corrected chi connectivity index (χ0v) is 20.7. The van der Waals surface area contributed by atoms with Crippen molar-refractivity contribution in [3.8, 4) is 22.9 Å². The lowest BCUT2D eigenvalue weighted by atomic mass is 9.96. The van der Waals surface area contributed by atoms with Crippen LogP contribution >= 0.6 is 11.8 Å². The molecule has 0 N–H and O–H groups in total. The van der Waals surface area contributed by atoms with E-state index in [1.165, 1.54) is 11.8 Å². The quantitative estimate of drug-likeness (QED) is 0.295. The monoisotopic (exact) mass is 486 g/mol. The second-order valence-electron chi connectivity index (χ2n) is 8.07. The van der Waals surface area contributed by atoms with Gasteiger partial charge in [-0.1, -0.05) is 72.8 Å². The minimum absolute atomic E-state index is 0.0771. The summed E-state index contributed by atoms with van der Waals surface area (Å²) in [6.07, 6.45) is -0.423. The van der Waals surface area contributed by atoms with Crippen LogP contribution < -0.4 is 19.4 Å². The summed E-state index contributed by atoms with van der Waals surface area (Å²) in [7, 11) is 0. The minimum Gasteiger partial charge on any atom is -0.854 e. The normalized spacial score (nSPS) is 14.5. The van der Waals surface area contributed by atoms with Crippen LogP contribution in [0.25, 0.3) is 22.0 Å². The number of hydrogen-bond donors (Lipinski definition) is 0. The Balaban J connectivity index is 1.92. The summed E-state index contributed by atoms with van der Waals surface area (Å²) in [6.45, 7) is 6.22. The Morgan fingerprint density at radius 2 is 1.86 bits per heavy atom. The Morgan fingerprint density at radius 1 is 1.09 bits per heavy atom. The second kappa shape index (κ2) is 9.54. The zero-order valence-electron chi connectivity index (χ0n) is 19.9. The van der Waals surface area contributed by atoms with E-state index in [0.29, 0.717) is 40.9 Å². The highest BCUT2D eigenvalue weighted by Gasteiger charge is 2.46. The lowest BCUT2D eigenvalue weighted by Crippen LogP contribution is -2.59. The van der Waals surface area contributed by atoms with E-state index in [4.69, 9.17) is 9.84 Å². The van der Waals surface area contributed by atoms with Crippen LogP contribution in [0, 0.1) is 0 Å². The molecule has 4 aromatic rings. The Kier molecular flexibility index (Phi) is 6.30. The van der Waals surface area contributed by atoms with E-state index >= 15 is 0 Å². The van der Waals surface area contributed by atoms with E-state index in [0.717, 1.165) is 22.1 Å². The van der Waals surface area contributed by atoms with E-state index < -0.39 is 6.17 Å². The first-order chi connectivity index (χ1) is 17.1. The predicted molar refractivity (Wildman–Crippen MR) is 135 cm³/mol. The zero-order chi connectivity index (χ0) is 24.5. The molecule has 2 heterocycles. The maximum absolute atomic E-state index is 13.6. The fraction of sp³-hybridized carbons (Fsp3) is 0.259. The fourth-order valence-corrected chi connectivity index (χ4v) is 5.20. The van der Waals surface area contributed by atoms with Crippen molar-refractivity contribution in [1.82, 2.24) is 10.1 Å². The Hall–Kier alpha value is -3.65. The Labute approximate surface area is 208 Å². The van der Waals surface area contributed by atoms with E-state index in [9.17, 15) is 9.90 Å². The summed E-state index contributed by atoms with van der Waals surface area (Å²) < 4.78 is 7.77. The standard InChI is InChI=1S/C27H26N4O3S/c1-4-22(32)30-20-14-10-9-13-19(20)24-25(33)28-27(35-6-3)29-31(24)26(30)23-18-12-8-7-11-17(18)15-16-21(23)34-5-2/h7-16,26H,4-6H2,1-3H3. The number of carbonyl (C=O) groups is 1. The first kappa shape index (κ1) is 23.1. The van der Waals surface area contributed by atoms with Crippen molar-refractivity contribution in [1.29, 1.82) is 0 Å². The highest BCUT2D eigenvalue weighted by Crippen LogP contribution is 2.44. The fourth-order valence-electron chi connectivity index (χ4n) is 4.65. The van der Waals surface area contributed by atoms with Gasteiger partial charge >= 0.3 is 0 Å². The molecule has 8 heteroatoms. The number of carbonyl (C=O) groups excluding carboxylic acids is 1. The molecule has 0 aliphatic carbocycles. The van der Waals surface area contributed by atoms with Crippen molar-refractivity contribution in [2.45, 2.75) is 38.5 Å². The summed E-state index contributed by atoms with van der Waals surface area (Å²) in [4.78, 5) is 19.6. The highest BCUT2D eigenvalue weighted by atomic mass is 32.2. The maximum atomic E-state index is 13.6. The molecular weight excluding hydrogens is 460 g/mol. The highest BCUT2D eigenvalue weighted by molar-refractivity contribution is 7.99. The average Bonchev–Trinajstić information content (AvgIpc) is 2.87. The van der Waals surface area contributed by atoms with Crippen molar-refractivity contribution in [3.63, 3.8) is 0 Å². The van der Waals surface area contributed by atoms with Crippen molar-refractivity contribution < 1.29 is 19.3 Å². The summed E-state index contributed by atoms with van der Waals surface area (Å²) in [5.41, 5.74) is 2.46. The number of amides is 1. The molecule has 0 bridgehead atoms. The van der Waals surface area contributed by atoms with Gasteiger partial charge in [0.1, 0.15) is 5.75 Å². The number of thioether (sulfide) groups is 1. The molecule has 1 aliphatic heterocycles. The first-order valence-electron chi connectivity index (χ1n) is 11.8. The SMILES string of the molecule is CCOc1ccc2ccccc2c1C1N(C(=O)CC)c2ccccc2-c2c([O-])nc(SCC)n[n+]21. The molecule has 0 saturated heterocycles. The van der Waals surface area contributed by atoms with Gasteiger partial charge in [-0.25, -0.2) is 9.88 Å². The Morgan fingerprint density at radius 3 is 2.63 bits per heavy atom. The van der Waals surface area contributed by atoms with Gasteiger partial charge in [0.2, 0.25) is 5.91 Å². The largest absolute Gasteiger partial charge is 0.854 e. The van der Waals surface area contributed by atoms with Crippen LogP contribution in [0.2, 0.25) is 0 Å². The maximum Gasteiger partial charge on any atom is 0.297 e. The molecule has 0 fully saturated rings. The minimum atomic E-state index is -0.716. The van der Waals surface area contributed by atoms with E-state index in [1.807, 2.05) is 81.4 Å². The summed E-state index contributed by atoms with van der Waals surface area (Å²) in [5, 5.41) is 20.5. The van der Waals surface area contributed by atoms with Gasteiger partial charge in [0.15, 0.2) is 0 Å². The van der Waals surface area contributed by atoms with Crippen LogP contribution in [0.3, 0.4) is 0 Å². The average molecular weight is 487 g/mol. The molecule has 1 aromatic heterocycles. The molecule has 1 unspecified atom stereocenters. The molecule has 178 valence electrons. The number of ether oxygens (including phenoxy) is 1. The van der Waals surface area contributed by atoms with Crippen molar-refractivity contribution >= 4 is 34.1 Å². The van der Waals surface area contributed by atoms with Crippen LogP contribution in [0.5, 0.6) is 11.6 Å². The number of aromatic nitrogens is 3. The van der Waals surface area contributed by atoms with Gasteiger partial charge in [0.05, 0.1) is 29.3 Å². The van der Waals surface area contributed by atoms with E-state index in [-0.39, 0.29) is 11.8 Å². The molecule has 5 rings (SSSR count). The van der Waals surface area contributed by atoms with Crippen molar-refractivity contribution in [2.75, 3.05) is 17.3 Å².